The standard InChI is InChI=1S/C20H23N5OS/c1-14-15(13-21)11-18(19(23-14)25-9-4-2-3-5-10-25)20(26)24-16-7-6-8-17(12-16)27-22/h6-8,11-12H,2-5,9-10,22H2,1H3,(H,24,26). The van der Waals surface area contributed by atoms with Crippen molar-refractivity contribution in [3.8, 4) is 6.07 Å². The van der Waals surface area contributed by atoms with Crippen LogP contribution < -0.4 is 15.4 Å². The van der Waals surface area contributed by atoms with Crippen molar-refractivity contribution in [2.24, 2.45) is 5.14 Å². The van der Waals surface area contributed by atoms with Crippen LogP contribution in [0.4, 0.5) is 11.5 Å². The van der Waals surface area contributed by atoms with E-state index in [0.717, 1.165) is 42.8 Å². The van der Waals surface area contributed by atoms with E-state index in [1.54, 1.807) is 6.07 Å². The van der Waals surface area contributed by atoms with E-state index >= 15 is 0 Å². The highest BCUT2D eigenvalue weighted by atomic mass is 32.2. The smallest absolute Gasteiger partial charge is 0.259 e. The van der Waals surface area contributed by atoms with Crippen molar-refractivity contribution >= 4 is 29.4 Å². The van der Waals surface area contributed by atoms with Crippen LogP contribution in [0, 0.1) is 18.3 Å². The van der Waals surface area contributed by atoms with Gasteiger partial charge < -0.3 is 10.2 Å². The third-order valence-corrected chi connectivity index (χ3v) is 5.22. The molecule has 27 heavy (non-hydrogen) atoms. The summed E-state index contributed by atoms with van der Waals surface area (Å²) < 4.78 is 0. The Morgan fingerprint density at radius 2 is 2.00 bits per heavy atom. The monoisotopic (exact) mass is 381 g/mol. The number of carbonyl (C=O) groups excluding carboxylic acids is 1. The topological polar surface area (TPSA) is 95.0 Å². The first-order valence-electron chi connectivity index (χ1n) is 9.07. The maximum atomic E-state index is 13.0. The van der Waals surface area contributed by atoms with E-state index in [0.29, 0.717) is 28.3 Å². The van der Waals surface area contributed by atoms with E-state index in [4.69, 9.17) is 5.14 Å². The lowest BCUT2D eigenvalue weighted by Crippen LogP contribution is -2.28. The summed E-state index contributed by atoms with van der Waals surface area (Å²) in [7, 11) is 0. The summed E-state index contributed by atoms with van der Waals surface area (Å²) in [5.74, 6) is 0.396. The van der Waals surface area contributed by atoms with Crippen molar-refractivity contribution in [2.45, 2.75) is 37.5 Å². The lowest BCUT2D eigenvalue weighted by atomic mass is 10.1. The van der Waals surface area contributed by atoms with Gasteiger partial charge in [0.25, 0.3) is 5.91 Å². The molecule has 1 amide bonds. The Balaban J connectivity index is 1.96. The van der Waals surface area contributed by atoms with Crippen LogP contribution in [0.1, 0.15) is 47.3 Å². The number of benzene rings is 1. The summed E-state index contributed by atoms with van der Waals surface area (Å²) in [5.41, 5.74) is 2.17. The summed E-state index contributed by atoms with van der Waals surface area (Å²) >= 11 is 1.13. The number of aryl methyl sites for hydroxylation is 1. The van der Waals surface area contributed by atoms with Gasteiger partial charge in [0.15, 0.2) is 0 Å². The minimum absolute atomic E-state index is 0.266. The summed E-state index contributed by atoms with van der Waals surface area (Å²) in [4.78, 5) is 20.7. The normalized spacial score (nSPS) is 14.3. The molecule has 1 aliphatic heterocycles. The molecular formula is C20H23N5OS. The zero-order valence-corrected chi connectivity index (χ0v) is 16.2. The third-order valence-electron chi connectivity index (χ3n) is 4.69. The molecule has 3 rings (SSSR count). The number of hydrogen-bond acceptors (Lipinski definition) is 6. The van der Waals surface area contributed by atoms with Gasteiger partial charge in [-0.25, -0.2) is 4.98 Å². The van der Waals surface area contributed by atoms with Crippen LogP contribution in [-0.4, -0.2) is 24.0 Å². The number of nitrogens with zero attached hydrogens (tertiary/aromatic N) is 3. The van der Waals surface area contributed by atoms with Gasteiger partial charge >= 0.3 is 0 Å². The quantitative estimate of drug-likeness (QED) is 0.781. The maximum Gasteiger partial charge on any atom is 0.259 e. The number of nitrogens with one attached hydrogen (secondary N) is 1. The summed E-state index contributed by atoms with van der Waals surface area (Å²) in [6, 6.07) is 11.1. The van der Waals surface area contributed by atoms with Crippen molar-refractivity contribution in [2.75, 3.05) is 23.3 Å². The van der Waals surface area contributed by atoms with Gasteiger partial charge in [-0.15, -0.1) is 0 Å². The van der Waals surface area contributed by atoms with Gasteiger partial charge in [0.1, 0.15) is 11.9 Å². The number of nitrogens with two attached hydrogens (primary N) is 1. The first-order valence-corrected chi connectivity index (χ1v) is 9.95. The molecule has 0 radical (unpaired) electrons. The number of aromatic nitrogens is 1. The fourth-order valence-electron chi connectivity index (χ4n) is 3.24. The lowest BCUT2D eigenvalue weighted by molar-refractivity contribution is 0.102. The van der Waals surface area contributed by atoms with E-state index in [-0.39, 0.29) is 5.91 Å². The Hall–Kier alpha value is -2.56. The van der Waals surface area contributed by atoms with Gasteiger partial charge in [0.05, 0.1) is 16.8 Å². The molecule has 1 aliphatic rings. The molecular weight excluding hydrogens is 358 g/mol. The fraction of sp³-hybridized carbons (Fsp3) is 0.350. The Morgan fingerprint density at radius 1 is 1.26 bits per heavy atom. The van der Waals surface area contributed by atoms with Crippen molar-refractivity contribution in [3.05, 3.63) is 47.2 Å². The average molecular weight is 382 g/mol. The molecule has 2 aromatic rings. The molecule has 140 valence electrons. The summed E-state index contributed by atoms with van der Waals surface area (Å²) in [6.07, 6.45) is 4.54. The van der Waals surface area contributed by atoms with Crippen LogP contribution in [0.15, 0.2) is 35.2 Å². The highest BCUT2D eigenvalue weighted by molar-refractivity contribution is 7.97. The Labute approximate surface area is 163 Å². The molecule has 0 atom stereocenters. The number of nitriles is 1. The number of anilines is 2. The number of rotatable bonds is 4. The van der Waals surface area contributed by atoms with E-state index < -0.39 is 0 Å². The summed E-state index contributed by atoms with van der Waals surface area (Å²) in [6.45, 7) is 3.55. The van der Waals surface area contributed by atoms with Crippen LogP contribution in [0.5, 0.6) is 0 Å². The molecule has 1 aromatic carbocycles. The molecule has 0 bridgehead atoms. The highest BCUT2D eigenvalue weighted by Gasteiger charge is 2.22. The Morgan fingerprint density at radius 3 is 2.67 bits per heavy atom. The largest absolute Gasteiger partial charge is 0.356 e. The predicted molar refractivity (Wildman–Crippen MR) is 109 cm³/mol. The van der Waals surface area contributed by atoms with E-state index in [1.165, 1.54) is 12.8 Å². The Bertz CT molecular complexity index is 869. The molecule has 1 saturated heterocycles. The van der Waals surface area contributed by atoms with Gasteiger partial charge in [-0.05, 0) is 56.0 Å². The van der Waals surface area contributed by atoms with Gasteiger partial charge in [-0.1, -0.05) is 18.9 Å². The lowest BCUT2D eigenvalue weighted by Gasteiger charge is -2.24. The second-order valence-electron chi connectivity index (χ2n) is 6.61. The minimum Gasteiger partial charge on any atom is -0.356 e. The van der Waals surface area contributed by atoms with Gasteiger partial charge in [-0.3, -0.25) is 9.93 Å². The first-order chi connectivity index (χ1) is 13.1. The van der Waals surface area contributed by atoms with Gasteiger partial charge in [-0.2, -0.15) is 5.26 Å². The minimum atomic E-state index is -0.266. The van der Waals surface area contributed by atoms with E-state index in [1.807, 2.05) is 31.2 Å². The fourth-order valence-corrected chi connectivity index (χ4v) is 3.59. The van der Waals surface area contributed by atoms with Crippen LogP contribution in [0.2, 0.25) is 0 Å². The second kappa shape index (κ2) is 8.89. The van der Waals surface area contributed by atoms with Crippen LogP contribution in [-0.2, 0) is 0 Å². The number of carbonyl (C=O) groups is 1. The van der Waals surface area contributed by atoms with Gasteiger partial charge in [0.2, 0.25) is 0 Å². The van der Waals surface area contributed by atoms with E-state index in [2.05, 4.69) is 21.3 Å². The predicted octanol–water partition coefficient (Wildman–Crippen LogP) is 3.86. The molecule has 2 heterocycles. The molecule has 0 unspecified atom stereocenters. The zero-order valence-electron chi connectivity index (χ0n) is 15.4. The summed E-state index contributed by atoms with van der Waals surface area (Å²) in [5, 5.41) is 17.9. The van der Waals surface area contributed by atoms with Crippen molar-refractivity contribution in [1.29, 1.82) is 5.26 Å². The number of amides is 1. The van der Waals surface area contributed by atoms with Crippen molar-refractivity contribution < 1.29 is 4.79 Å². The van der Waals surface area contributed by atoms with Crippen molar-refractivity contribution in [1.82, 2.24) is 4.98 Å². The SMILES string of the molecule is Cc1nc(N2CCCCCC2)c(C(=O)Nc2cccc(SN)c2)cc1C#N. The number of hydrogen-bond donors (Lipinski definition) is 2. The Kier molecular flexibility index (Phi) is 6.32. The molecule has 0 saturated carbocycles. The van der Waals surface area contributed by atoms with Crippen LogP contribution in [0.3, 0.4) is 0 Å². The second-order valence-corrected chi connectivity index (χ2v) is 7.31. The highest BCUT2D eigenvalue weighted by Crippen LogP contribution is 2.26. The molecule has 6 nitrogen and oxygen atoms in total. The molecule has 1 fully saturated rings. The third kappa shape index (κ3) is 4.59. The number of pyridine rings is 1. The van der Waals surface area contributed by atoms with Gasteiger partial charge in [0, 0.05) is 23.7 Å². The first kappa shape index (κ1) is 19.2. The maximum absolute atomic E-state index is 13.0. The zero-order chi connectivity index (χ0) is 19.2. The average Bonchev–Trinajstić information content (AvgIpc) is 2.97. The molecule has 3 N–H and O–H groups in total. The van der Waals surface area contributed by atoms with Crippen molar-refractivity contribution in [3.63, 3.8) is 0 Å². The van der Waals surface area contributed by atoms with Crippen LogP contribution >= 0.6 is 11.9 Å². The van der Waals surface area contributed by atoms with Crippen LogP contribution in [0.25, 0.3) is 0 Å². The molecule has 0 spiro atoms. The molecule has 0 aliphatic carbocycles. The van der Waals surface area contributed by atoms with E-state index in [9.17, 15) is 10.1 Å². The molecule has 1 aromatic heterocycles. The molecule has 7 heteroatoms.